The SMILES string of the molecule is CCC(C)CCCCCC(O)CC. The van der Waals surface area contributed by atoms with Crippen molar-refractivity contribution in [2.24, 2.45) is 5.92 Å². The fourth-order valence-electron chi connectivity index (χ4n) is 1.46. The molecule has 1 heteroatoms. The third-order valence-electron chi connectivity index (χ3n) is 2.90. The summed E-state index contributed by atoms with van der Waals surface area (Å²) >= 11 is 0. The highest BCUT2D eigenvalue weighted by Gasteiger charge is 2.01. The maximum atomic E-state index is 9.31. The van der Waals surface area contributed by atoms with Crippen molar-refractivity contribution in [3.05, 3.63) is 0 Å². The predicted molar refractivity (Wildman–Crippen MR) is 58.8 cm³/mol. The molecule has 2 unspecified atom stereocenters. The Hall–Kier alpha value is -0.0400. The van der Waals surface area contributed by atoms with Crippen molar-refractivity contribution in [1.29, 1.82) is 0 Å². The van der Waals surface area contributed by atoms with Crippen LogP contribution in [0.4, 0.5) is 0 Å². The van der Waals surface area contributed by atoms with Crippen LogP contribution in [-0.2, 0) is 0 Å². The summed E-state index contributed by atoms with van der Waals surface area (Å²) in [6.45, 7) is 6.62. The van der Waals surface area contributed by atoms with Gasteiger partial charge in [0.1, 0.15) is 0 Å². The quantitative estimate of drug-likeness (QED) is 0.572. The highest BCUT2D eigenvalue weighted by Crippen LogP contribution is 2.14. The normalized spacial score (nSPS) is 15.7. The van der Waals surface area contributed by atoms with Crippen molar-refractivity contribution in [2.45, 2.75) is 71.8 Å². The molecule has 13 heavy (non-hydrogen) atoms. The molecular weight excluding hydrogens is 160 g/mol. The number of unbranched alkanes of at least 4 members (excludes halogenated alkanes) is 2. The zero-order chi connectivity index (χ0) is 10.1. The molecule has 0 spiro atoms. The van der Waals surface area contributed by atoms with Gasteiger partial charge in [-0.2, -0.15) is 0 Å². The Kier molecular flexibility index (Phi) is 8.53. The average Bonchev–Trinajstić information content (AvgIpc) is 2.16. The Balaban J connectivity index is 3.08. The van der Waals surface area contributed by atoms with Crippen molar-refractivity contribution < 1.29 is 5.11 Å². The number of rotatable bonds is 8. The molecule has 0 saturated carbocycles. The topological polar surface area (TPSA) is 20.2 Å². The first-order valence-corrected chi connectivity index (χ1v) is 5.88. The van der Waals surface area contributed by atoms with Gasteiger partial charge in [-0.3, -0.25) is 0 Å². The van der Waals surface area contributed by atoms with Crippen LogP contribution in [0, 0.1) is 5.92 Å². The number of hydrogen-bond donors (Lipinski definition) is 1. The van der Waals surface area contributed by atoms with E-state index in [0.717, 1.165) is 18.8 Å². The summed E-state index contributed by atoms with van der Waals surface area (Å²) in [5.74, 6) is 0.885. The van der Waals surface area contributed by atoms with Gasteiger partial charge in [-0.1, -0.05) is 52.9 Å². The molecule has 0 fully saturated rings. The van der Waals surface area contributed by atoms with E-state index >= 15 is 0 Å². The van der Waals surface area contributed by atoms with Crippen molar-refractivity contribution in [1.82, 2.24) is 0 Å². The monoisotopic (exact) mass is 186 g/mol. The molecule has 0 aliphatic carbocycles. The van der Waals surface area contributed by atoms with E-state index in [9.17, 15) is 5.11 Å². The first-order chi connectivity index (χ1) is 6.20. The summed E-state index contributed by atoms with van der Waals surface area (Å²) < 4.78 is 0. The predicted octanol–water partition coefficient (Wildman–Crippen LogP) is 3.75. The van der Waals surface area contributed by atoms with Crippen molar-refractivity contribution in [3.8, 4) is 0 Å². The molecule has 0 bridgehead atoms. The first-order valence-electron chi connectivity index (χ1n) is 5.88. The van der Waals surface area contributed by atoms with Crippen LogP contribution in [0.1, 0.15) is 65.7 Å². The van der Waals surface area contributed by atoms with Gasteiger partial charge in [0.25, 0.3) is 0 Å². The second kappa shape index (κ2) is 8.55. The minimum Gasteiger partial charge on any atom is -0.393 e. The van der Waals surface area contributed by atoms with Gasteiger partial charge in [-0.05, 0) is 18.8 Å². The summed E-state index contributed by atoms with van der Waals surface area (Å²) in [5.41, 5.74) is 0. The molecule has 80 valence electrons. The minimum atomic E-state index is -0.0522. The largest absolute Gasteiger partial charge is 0.393 e. The Bertz CT molecular complexity index is 89.3. The van der Waals surface area contributed by atoms with E-state index < -0.39 is 0 Å². The lowest BCUT2D eigenvalue weighted by molar-refractivity contribution is 0.156. The van der Waals surface area contributed by atoms with Crippen molar-refractivity contribution in [2.75, 3.05) is 0 Å². The van der Waals surface area contributed by atoms with E-state index in [4.69, 9.17) is 0 Å². The lowest BCUT2D eigenvalue weighted by atomic mass is 9.99. The summed E-state index contributed by atoms with van der Waals surface area (Å²) in [5, 5.41) is 9.31. The van der Waals surface area contributed by atoms with Gasteiger partial charge < -0.3 is 5.11 Å². The molecule has 0 saturated heterocycles. The average molecular weight is 186 g/mol. The van der Waals surface area contributed by atoms with Crippen LogP contribution >= 0.6 is 0 Å². The van der Waals surface area contributed by atoms with Gasteiger partial charge in [0, 0.05) is 0 Å². The molecule has 0 radical (unpaired) electrons. The van der Waals surface area contributed by atoms with Crippen LogP contribution in [-0.4, -0.2) is 11.2 Å². The molecule has 2 atom stereocenters. The van der Waals surface area contributed by atoms with E-state index in [1.165, 1.54) is 32.1 Å². The molecular formula is C12H26O. The van der Waals surface area contributed by atoms with Gasteiger partial charge in [0.2, 0.25) is 0 Å². The Morgan fingerprint density at radius 1 is 0.923 bits per heavy atom. The maximum absolute atomic E-state index is 9.31. The van der Waals surface area contributed by atoms with E-state index in [-0.39, 0.29) is 6.10 Å². The smallest absolute Gasteiger partial charge is 0.0537 e. The third-order valence-corrected chi connectivity index (χ3v) is 2.90. The molecule has 0 aliphatic rings. The highest BCUT2D eigenvalue weighted by atomic mass is 16.3. The Morgan fingerprint density at radius 2 is 1.54 bits per heavy atom. The lowest BCUT2D eigenvalue weighted by Gasteiger charge is -2.09. The molecule has 0 amide bonds. The van der Waals surface area contributed by atoms with Crippen LogP contribution in [0.25, 0.3) is 0 Å². The van der Waals surface area contributed by atoms with Crippen molar-refractivity contribution >= 4 is 0 Å². The zero-order valence-corrected chi connectivity index (χ0v) is 9.55. The first kappa shape index (κ1) is 13.0. The summed E-state index contributed by atoms with van der Waals surface area (Å²) in [4.78, 5) is 0. The zero-order valence-electron chi connectivity index (χ0n) is 9.55. The Labute approximate surface area is 83.5 Å². The Morgan fingerprint density at radius 3 is 2.08 bits per heavy atom. The van der Waals surface area contributed by atoms with E-state index in [1.54, 1.807) is 0 Å². The third kappa shape index (κ3) is 8.29. The molecule has 0 aromatic rings. The van der Waals surface area contributed by atoms with Gasteiger partial charge in [-0.25, -0.2) is 0 Å². The minimum absolute atomic E-state index is 0.0522. The number of hydrogen-bond acceptors (Lipinski definition) is 1. The van der Waals surface area contributed by atoms with E-state index in [0.29, 0.717) is 0 Å². The lowest BCUT2D eigenvalue weighted by Crippen LogP contribution is -2.03. The van der Waals surface area contributed by atoms with Crippen molar-refractivity contribution in [3.63, 3.8) is 0 Å². The van der Waals surface area contributed by atoms with E-state index in [2.05, 4.69) is 13.8 Å². The van der Waals surface area contributed by atoms with Gasteiger partial charge in [0.05, 0.1) is 6.10 Å². The number of aliphatic hydroxyl groups excluding tert-OH is 1. The molecule has 0 heterocycles. The molecule has 0 aromatic carbocycles. The van der Waals surface area contributed by atoms with Crippen LogP contribution in [0.15, 0.2) is 0 Å². The van der Waals surface area contributed by atoms with Gasteiger partial charge in [0.15, 0.2) is 0 Å². The highest BCUT2D eigenvalue weighted by molar-refractivity contribution is 4.55. The van der Waals surface area contributed by atoms with E-state index in [1.807, 2.05) is 6.92 Å². The molecule has 0 rings (SSSR count). The van der Waals surface area contributed by atoms with Crippen LogP contribution in [0.2, 0.25) is 0 Å². The molecule has 1 N–H and O–H groups in total. The summed E-state index contributed by atoms with van der Waals surface area (Å²) in [6.07, 6.45) is 8.35. The fourth-order valence-corrected chi connectivity index (χ4v) is 1.46. The summed E-state index contributed by atoms with van der Waals surface area (Å²) in [6, 6.07) is 0. The molecule has 1 nitrogen and oxygen atoms in total. The van der Waals surface area contributed by atoms with Gasteiger partial charge in [-0.15, -0.1) is 0 Å². The number of aliphatic hydroxyl groups is 1. The second-order valence-corrected chi connectivity index (χ2v) is 4.21. The van der Waals surface area contributed by atoms with Crippen LogP contribution in [0.3, 0.4) is 0 Å². The standard InChI is InChI=1S/C12H26O/c1-4-11(3)9-7-6-8-10-12(13)5-2/h11-13H,4-10H2,1-3H3. The maximum Gasteiger partial charge on any atom is 0.0537 e. The van der Waals surface area contributed by atoms with Crippen LogP contribution < -0.4 is 0 Å². The van der Waals surface area contributed by atoms with Crippen LogP contribution in [0.5, 0.6) is 0 Å². The van der Waals surface area contributed by atoms with Gasteiger partial charge >= 0.3 is 0 Å². The molecule has 0 aromatic heterocycles. The molecule has 0 aliphatic heterocycles. The fraction of sp³-hybridized carbons (Fsp3) is 1.00. The second-order valence-electron chi connectivity index (χ2n) is 4.21. The summed E-state index contributed by atoms with van der Waals surface area (Å²) in [7, 11) is 0.